The van der Waals surface area contributed by atoms with Gasteiger partial charge in [0.1, 0.15) is 5.54 Å². The van der Waals surface area contributed by atoms with Gasteiger partial charge in [0.05, 0.1) is 5.52 Å². The first-order valence-electron chi connectivity index (χ1n) is 7.95. The minimum Gasteiger partial charge on any atom is -0.367 e. The predicted octanol–water partition coefficient (Wildman–Crippen LogP) is 2.67. The number of rotatable bonds is 4. The van der Waals surface area contributed by atoms with E-state index in [0.717, 1.165) is 16.6 Å². The van der Waals surface area contributed by atoms with Crippen molar-refractivity contribution in [1.82, 2.24) is 10.3 Å². The largest absolute Gasteiger partial charge is 0.367 e. The van der Waals surface area contributed by atoms with Crippen molar-refractivity contribution in [3.8, 4) is 0 Å². The predicted molar refractivity (Wildman–Crippen MR) is 96.9 cm³/mol. The van der Waals surface area contributed by atoms with E-state index in [0.29, 0.717) is 11.1 Å². The molecule has 0 aliphatic heterocycles. The molecule has 126 valence electrons. The molecule has 0 spiro atoms. The molecule has 3 aromatic rings. The number of amides is 2. The van der Waals surface area contributed by atoms with Crippen LogP contribution in [-0.2, 0) is 10.3 Å². The molecule has 5 heteroatoms. The Bertz CT molecular complexity index is 954. The van der Waals surface area contributed by atoms with Crippen LogP contribution in [0.3, 0.4) is 0 Å². The summed E-state index contributed by atoms with van der Waals surface area (Å²) in [5.41, 5.74) is 7.09. The molecule has 3 N–H and O–H groups in total. The van der Waals surface area contributed by atoms with Crippen LogP contribution in [0.25, 0.3) is 10.9 Å². The molecule has 1 aromatic heterocycles. The van der Waals surface area contributed by atoms with E-state index in [1.807, 2.05) is 25.1 Å². The Morgan fingerprint density at radius 1 is 1.04 bits per heavy atom. The highest BCUT2D eigenvalue weighted by Gasteiger charge is 2.35. The van der Waals surface area contributed by atoms with Crippen LogP contribution in [0.15, 0.2) is 60.7 Å². The van der Waals surface area contributed by atoms with Crippen molar-refractivity contribution >= 4 is 22.7 Å². The number of fused-ring (bicyclic) bond motifs is 1. The number of nitrogens with zero attached hydrogens (tertiary/aromatic N) is 1. The van der Waals surface area contributed by atoms with Gasteiger partial charge in [-0.25, -0.2) is 0 Å². The molecule has 0 fully saturated rings. The highest BCUT2D eigenvalue weighted by atomic mass is 16.2. The molecule has 0 bridgehead atoms. The maximum atomic E-state index is 12.7. The van der Waals surface area contributed by atoms with Crippen LogP contribution in [0.1, 0.15) is 28.5 Å². The van der Waals surface area contributed by atoms with Crippen molar-refractivity contribution in [2.45, 2.75) is 19.4 Å². The molecule has 1 atom stereocenters. The van der Waals surface area contributed by atoms with Gasteiger partial charge in [0.25, 0.3) is 5.91 Å². The Labute approximate surface area is 145 Å². The minimum absolute atomic E-state index is 0.368. The molecule has 2 amide bonds. The summed E-state index contributed by atoms with van der Waals surface area (Å²) in [7, 11) is 0. The van der Waals surface area contributed by atoms with Crippen LogP contribution in [0.5, 0.6) is 0 Å². The van der Waals surface area contributed by atoms with Crippen LogP contribution in [0, 0.1) is 6.92 Å². The fourth-order valence-corrected chi connectivity index (χ4v) is 2.72. The number of benzene rings is 2. The fraction of sp³-hybridized carbons (Fsp3) is 0.150. The molecule has 1 heterocycles. The SMILES string of the molecule is Cc1ccc2cc(C(=O)N[C@](C)(C(N)=O)c3ccccc3)ccc2n1. The van der Waals surface area contributed by atoms with Crippen molar-refractivity contribution in [3.63, 3.8) is 0 Å². The van der Waals surface area contributed by atoms with E-state index in [1.165, 1.54) is 0 Å². The molecule has 0 saturated heterocycles. The summed E-state index contributed by atoms with van der Waals surface area (Å²) in [6.45, 7) is 3.52. The van der Waals surface area contributed by atoms with Gasteiger partial charge in [-0.05, 0) is 43.7 Å². The van der Waals surface area contributed by atoms with Crippen LogP contribution in [-0.4, -0.2) is 16.8 Å². The summed E-state index contributed by atoms with van der Waals surface area (Å²) in [5, 5.41) is 3.63. The van der Waals surface area contributed by atoms with Gasteiger partial charge in [-0.1, -0.05) is 36.4 Å². The van der Waals surface area contributed by atoms with Crippen molar-refractivity contribution in [1.29, 1.82) is 0 Å². The summed E-state index contributed by atoms with van der Waals surface area (Å²) in [5.74, 6) is -0.988. The summed E-state index contributed by atoms with van der Waals surface area (Å²) in [6.07, 6.45) is 0. The normalized spacial score (nSPS) is 13.2. The molecule has 3 rings (SSSR count). The molecule has 25 heavy (non-hydrogen) atoms. The zero-order valence-corrected chi connectivity index (χ0v) is 14.1. The van der Waals surface area contributed by atoms with Gasteiger partial charge in [-0.15, -0.1) is 0 Å². The lowest BCUT2D eigenvalue weighted by Gasteiger charge is -2.28. The molecule has 0 unspecified atom stereocenters. The monoisotopic (exact) mass is 333 g/mol. The van der Waals surface area contributed by atoms with Crippen LogP contribution < -0.4 is 11.1 Å². The van der Waals surface area contributed by atoms with Crippen LogP contribution in [0.2, 0.25) is 0 Å². The lowest BCUT2D eigenvalue weighted by atomic mass is 9.90. The number of carbonyl (C=O) groups is 2. The standard InChI is InChI=1S/C20H19N3O2/c1-13-8-9-14-12-15(10-11-17(14)22-13)18(24)23-20(2,19(21)25)16-6-4-3-5-7-16/h3-12H,1-2H3,(H2,21,25)(H,23,24)/t20-/m0/s1. The summed E-state index contributed by atoms with van der Waals surface area (Å²) < 4.78 is 0. The molecular formula is C20H19N3O2. The molecular weight excluding hydrogens is 314 g/mol. The van der Waals surface area contributed by atoms with Crippen molar-refractivity contribution < 1.29 is 9.59 Å². The maximum Gasteiger partial charge on any atom is 0.252 e. The average Bonchev–Trinajstić information content (AvgIpc) is 2.61. The van der Waals surface area contributed by atoms with Crippen LogP contribution >= 0.6 is 0 Å². The number of pyridine rings is 1. The van der Waals surface area contributed by atoms with Gasteiger partial charge in [0.2, 0.25) is 5.91 Å². The molecule has 0 radical (unpaired) electrons. The Kier molecular flexibility index (Phi) is 4.23. The van der Waals surface area contributed by atoms with Gasteiger partial charge < -0.3 is 11.1 Å². The third-order valence-corrected chi connectivity index (χ3v) is 4.30. The zero-order chi connectivity index (χ0) is 18.0. The first kappa shape index (κ1) is 16.6. The number of nitrogens with one attached hydrogen (secondary N) is 1. The second-order valence-electron chi connectivity index (χ2n) is 6.17. The molecule has 0 aliphatic rings. The molecule has 5 nitrogen and oxygen atoms in total. The van der Waals surface area contributed by atoms with Gasteiger partial charge in [0, 0.05) is 16.6 Å². The Balaban J connectivity index is 1.94. The van der Waals surface area contributed by atoms with E-state index in [9.17, 15) is 9.59 Å². The van der Waals surface area contributed by atoms with Crippen molar-refractivity contribution in [2.24, 2.45) is 5.73 Å². The van der Waals surface area contributed by atoms with E-state index >= 15 is 0 Å². The highest BCUT2D eigenvalue weighted by molar-refractivity contribution is 6.01. The zero-order valence-electron chi connectivity index (χ0n) is 14.1. The van der Waals surface area contributed by atoms with Gasteiger partial charge in [-0.2, -0.15) is 0 Å². The third kappa shape index (κ3) is 3.21. The number of hydrogen-bond donors (Lipinski definition) is 2. The summed E-state index contributed by atoms with van der Waals surface area (Å²) >= 11 is 0. The number of carbonyl (C=O) groups excluding carboxylic acids is 2. The lowest BCUT2D eigenvalue weighted by Crippen LogP contribution is -2.52. The summed E-state index contributed by atoms with van der Waals surface area (Å²) in [4.78, 5) is 29.2. The van der Waals surface area contributed by atoms with E-state index in [1.54, 1.807) is 49.4 Å². The lowest BCUT2D eigenvalue weighted by molar-refractivity contribution is -0.123. The highest BCUT2D eigenvalue weighted by Crippen LogP contribution is 2.22. The van der Waals surface area contributed by atoms with E-state index in [2.05, 4.69) is 10.3 Å². The number of primary amides is 1. The third-order valence-electron chi connectivity index (χ3n) is 4.30. The van der Waals surface area contributed by atoms with Crippen LogP contribution in [0.4, 0.5) is 0 Å². The fourth-order valence-electron chi connectivity index (χ4n) is 2.72. The van der Waals surface area contributed by atoms with Crippen molar-refractivity contribution in [2.75, 3.05) is 0 Å². The quantitative estimate of drug-likeness (QED) is 0.770. The number of aryl methyl sites for hydroxylation is 1. The first-order valence-corrected chi connectivity index (χ1v) is 7.95. The van der Waals surface area contributed by atoms with E-state index in [4.69, 9.17) is 5.73 Å². The minimum atomic E-state index is -1.29. The maximum absolute atomic E-state index is 12.7. The number of nitrogens with two attached hydrogens (primary N) is 1. The van der Waals surface area contributed by atoms with Crippen molar-refractivity contribution in [3.05, 3.63) is 77.5 Å². The van der Waals surface area contributed by atoms with Gasteiger partial charge in [-0.3, -0.25) is 14.6 Å². The second kappa shape index (κ2) is 6.36. The molecule has 0 saturated carbocycles. The average molecular weight is 333 g/mol. The first-order chi connectivity index (χ1) is 11.9. The van der Waals surface area contributed by atoms with E-state index in [-0.39, 0.29) is 5.91 Å². The van der Waals surface area contributed by atoms with Gasteiger partial charge in [0.15, 0.2) is 0 Å². The van der Waals surface area contributed by atoms with Gasteiger partial charge >= 0.3 is 0 Å². The Hall–Kier alpha value is -3.21. The molecule has 2 aromatic carbocycles. The molecule has 0 aliphatic carbocycles. The smallest absolute Gasteiger partial charge is 0.252 e. The Morgan fingerprint density at radius 3 is 2.44 bits per heavy atom. The second-order valence-corrected chi connectivity index (χ2v) is 6.17. The van der Waals surface area contributed by atoms with E-state index < -0.39 is 11.4 Å². The summed E-state index contributed by atoms with van der Waals surface area (Å²) in [6, 6.07) is 18.0. The Morgan fingerprint density at radius 2 is 1.76 bits per heavy atom. The topological polar surface area (TPSA) is 85.1 Å². The number of aromatic nitrogens is 1. The number of hydrogen-bond acceptors (Lipinski definition) is 3.